The van der Waals surface area contributed by atoms with Crippen LogP contribution in [0, 0.1) is 27.7 Å². The number of hydrogen-bond acceptors (Lipinski definition) is 3. The van der Waals surface area contributed by atoms with Gasteiger partial charge in [0.15, 0.2) is 0 Å². The molecule has 132 valence electrons. The Kier molecular flexibility index (Phi) is 4.98. The van der Waals surface area contributed by atoms with E-state index in [0.717, 1.165) is 22.6 Å². The van der Waals surface area contributed by atoms with E-state index < -0.39 is 0 Å². The Morgan fingerprint density at radius 3 is 2.65 bits per heavy atom. The molecular weight excluding hydrogens is 324 g/mol. The fourth-order valence-corrected chi connectivity index (χ4v) is 3.07. The standard InChI is InChI=1S/C21H22N4O/c1-14-7-8-20(15(2)10-14)25-16(3)11-19(17(25)4)13-23-24-21(26)18-6-5-9-22-12-18/h5-13H,1-4H3,(H,24,26)/b23-13-. The Hall–Kier alpha value is -3.21. The van der Waals surface area contributed by atoms with E-state index in [2.05, 4.69) is 72.0 Å². The van der Waals surface area contributed by atoms with Gasteiger partial charge in [-0.25, -0.2) is 5.43 Å². The number of carbonyl (C=O) groups is 1. The number of carbonyl (C=O) groups excluding carboxylic acids is 1. The molecule has 26 heavy (non-hydrogen) atoms. The molecule has 0 saturated heterocycles. The molecule has 3 aromatic rings. The topological polar surface area (TPSA) is 59.3 Å². The Morgan fingerprint density at radius 1 is 1.15 bits per heavy atom. The number of nitrogens with one attached hydrogen (secondary N) is 1. The number of rotatable bonds is 4. The number of aryl methyl sites for hydroxylation is 3. The van der Waals surface area contributed by atoms with Crippen LogP contribution in [0.5, 0.6) is 0 Å². The van der Waals surface area contributed by atoms with Gasteiger partial charge in [0.1, 0.15) is 0 Å². The van der Waals surface area contributed by atoms with Gasteiger partial charge in [-0.1, -0.05) is 17.7 Å². The molecule has 2 heterocycles. The molecule has 0 saturated carbocycles. The van der Waals surface area contributed by atoms with E-state index in [-0.39, 0.29) is 5.91 Å². The normalized spacial score (nSPS) is 11.1. The summed E-state index contributed by atoms with van der Waals surface area (Å²) < 4.78 is 2.21. The smallest absolute Gasteiger partial charge is 0.272 e. The Labute approximate surface area is 153 Å². The fraction of sp³-hybridized carbons (Fsp3) is 0.190. The van der Waals surface area contributed by atoms with Gasteiger partial charge in [-0.05, 0) is 57.5 Å². The second-order valence-electron chi connectivity index (χ2n) is 6.39. The quantitative estimate of drug-likeness (QED) is 0.576. The van der Waals surface area contributed by atoms with Crippen LogP contribution in [-0.2, 0) is 0 Å². The predicted molar refractivity (Wildman–Crippen MR) is 104 cm³/mol. The lowest BCUT2D eigenvalue weighted by atomic mass is 10.1. The Bertz CT molecular complexity index is 971. The Morgan fingerprint density at radius 2 is 1.96 bits per heavy atom. The Balaban J connectivity index is 1.83. The molecule has 0 spiro atoms. The number of amides is 1. The van der Waals surface area contributed by atoms with E-state index in [0.29, 0.717) is 5.56 Å². The molecule has 1 N–H and O–H groups in total. The van der Waals surface area contributed by atoms with Crippen molar-refractivity contribution >= 4 is 12.1 Å². The van der Waals surface area contributed by atoms with Crippen molar-refractivity contribution in [3.8, 4) is 5.69 Å². The maximum Gasteiger partial charge on any atom is 0.272 e. The zero-order valence-electron chi connectivity index (χ0n) is 15.4. The highest BCUT2D eigenvalue weighted by atomic mass is 16.2. The minimum atomic E-state index is -0.280. The summed E-state index contributed by atoms with van der Waals surface area (Å²) in [6.07, 6.45) is 4.81. The van der Waals surface area contributed by atoms with Crippen molar-refractivity contribution in [3.05, 3.63) is 82.4 Å². The van der Waals surface area contributed by atoms with Crippen LogP contribution < -0.4 is 5.43 Å². The largest absolute Gasteiger partial charge is 0.318 e. The highest BCUT2D eigenvalue weighted by Crippen LogP contribution is 2.23. The lowest BCUT2D eigenvalue weighted by Gasteiger charge is -2.13. The van der Waals surface area contributed by atoms with Crippen molar-refractivity contribution in [2.24, 2.45) is 5.10 Å². The van der Waals surface area contributed by atoms with Crippen molar-refractivity contribution < 1.29 is 4.79 Å². The maximum atomic E-state index is 12.0. The monoisotopic (exact) mass is 346 g/mol. The van der Waals surface area contributed by atoms with Crippen LogP contribution in [0.4, 0.5) is 0 Å². The van der Waals surface area contributed by atoms with Gasteiger partial charge >= 0.3 is 0 Å². The number of hydrazone groups is 1. The summed E-state index contributed by atoms with van der Waals surface area (Å²) in [5.74, 6) is -0.280. The summed E-state index contributed by atoms with van der Waals surface area (Å²) in [6, 6.07) is 11.9. The average Bonchev–Trinajstić information content (AvgIpc) is 2.90. The third kappa shape index (κ3) is 3.57. The number of hydrogen-bond donors (Lipinski definition) is 1. The van der Waals surface area contributed by atoms with Crippen LogP contribution in [0.1, 0.15) is 38.4 Å². The maximum absolute atomic E-state index is 12.0. The molecule has 2 aromatic heterocycles. The van der Waals surface area contributed by atoms with Gasteiger partial charge in [0, 0.05) is 35.0 Å². The zero-order chi connectivity index (χ0) is 18.7. The zero-order valence-corrected chi connectivity index (χ0v) is 15.4. The predicted octanol–water partition coefficient (Wildman–Crippen LogP) is 3.87. The molecule has 5 nitrogen and oxygen atoms in total. The van der Waals surface area contributed by atoms with Crippen molar-refractivity contribution in [2.75, 3.05) is 0 Å². The van der Waals surface area contributed by atoms with Crippen LogP contribution >= 0.6 is 0 Å². The third-order valence-corrected chi connectivity index (χ3v) is 4.36. The summed E-state index contributed by atoms with van der Waals surface area (Å²) in [6.45, 7) is 8.33. The first-order chi connectivity index (χ1) is 12.5. The first-order valence-electron chi connectivity index (χ1n) is 8.47. The number of nitrogens with zero attached hydrogens (tertiary/aromatic N) is 3. The van der Waals surface area contributed by atoms with Gasteiger partial charge in [0.2, 0.25) is 0 Å². The summed E-state index contributed by atoms with van der Waals surface area (Å²) in [5.41, 5.74) is 9.81. The first kappa shape index (κ1) is 17.6. The van der Waals surface area contributed by atoms with Gasteiger partial charge < -0.3 is 4.57 Å². The molecule has 1 aromatic carbocycles. The van der Waals surface area contributed by atoms with Crippen LogP contribution in [-0.4, -0.2) is 21.7 Å². The van der Waals surface area contributed by atoms with E-state index in [9.17, 15) is 4.79 Å². The van der Waals surface area contributed by atoms with Crippen LogP contribution in [0.15, 0.2) is 53.9 Å². The lowest BCUT2D eigenvalue weighted by molar-refractivity contribution is 0.0955. The summed E-state index contributed by atoms with van der Waals surface area (Å²) in [5, 5.41) is 4.10. The fourth-order valence-electron chi connectivity index (χ4n) is 3.07. The average molecular weight is 346 g/mol. The lowest BCUT2D eigenvalue weighted by Crippen LogP contribution is -2.17. The molecule has 3 rings (SSSR count). The SMILES string of the molecule is Cc1ccc(-n2c(C)cc(/C=N\NC(=O)c3cccnc3)c2C)c(C)c1. The van der Waals surface area contributed by atoms with Crippen molar-refractivity contribution in [3.63, 3.8) is 0 Å². The van der Waals surface area contributed by atoms with E-state index >= 15 is 0 Å². The van der Waals surface area contributed by atoms with Gasteiger partial charge in [-0.2, -0.15) is 5.10 Å². The molecule has 0 radical (unpaired) electrons. The summed E-state index contributed by atoms with van der Waals surface area (Å²) in [7, 11) is 0. The van der Waals surface area contributed by atoms with Crippen molar-refractivity contribution in [1.82, 2.24) is 15.0 Å². The third-order valence-electron chi connectivity index (χ3n) is 4.36. The molecule has 0 unspecified atom stereocenters. The summed E-state index contributed by atoms with van der Waals surface area (Å²) in [4.78, 5) is 16.0. The van der Waals surface area contributed by atoms with Crippen LogP contribution in [0.3, 0.4) is 0 Å². The first-order valence-corrected chi connectivity index (χ1v) is 8.47. The van der Waals surface area contributed by atoms with Gasteiger partial charge in [-0.3, -0.25) is 9.78 Å². The molecule has 1 amide bonds. The number of pyridine rings is 1. The van der Waals surface area contributed by atoms with E-state index in [1.807, 2.05) is 0 Å². The van der Waals surface area contributed by atoms with Crippen LogP contribution in [0.25, 0.3) is 5.69 Å². The molecule has 5 heteroatoms. The van der Waals surface area contributed by atoms with E-state index in [1.165, 1.54) is 17.3 Å². The molecule has 0 bridgehead atoms. The number of benzene rings is 1. The molecule has 0 aliphatic heterocycles. The number of aromatic nitrogens is 2. The molecular formula is C21H22N4O. The second kappa shape index (κ2) is 7.35. The van der Waals surface area contributed by atoms with Crippen LogP contribution in [0.2, 0.25) is 0 Å². The summed E-state index contributed by atoms with van der Waals surface area (Å²) >= 11 is 0. The highest BCUT2D eigenvalue weighted by Gasteiger charge is 2.11. The highest BCUT2D eigenvalue weighted by molar-refractivity contribution is 5.94. The van der Waals surface area contributed by atoms with Crippen molar-refractivity contribution in [2.45, 2.75) is 27.7 Å². The minimum absolute atomic E-state index is 0.280. The second-order valence-corrected chi connectivity index (χ2v) is 6.39. The van der Waals surface area contributed by atoms with E-state index in [1.54, 1.807) is 24.5 Å². The van der Waals surface area contributed by atoms with Gasteiger partial charge in [0.25, 0.3) is 5.91 Å². The van der Waals surface area contributed by atoms with E-state index in [4.69, 9.17) is 0 Å². The van der Waals surface area contributed by atoms with Crippen molar-refractivity contribution in [1.29, 1.82) is 0 Å². The minimum Gasteiger partial charge on any atom is -0.318 e. The molecule has 0 aliphatic rings. The molecule has 0 aliphatic carbocycles. The molecule has 0 atom stereocenters. The van der Waals surface area contributed by atoms with Gasteiger partial charge in [0.05, 0.1) is 11.8 Å². The van der Waals surface area contributed by atoms with Gasteiger partial charge in [-0.15, -0.1) is 0 Å². The molecule has 0 fully saturated rings.